The van der Waals surface area contributed by atoms with Crippen molar-refractivity contribution in [2.75, 3.05) is 30.8 Å². The molecule has 0 unspecified atom stereocenters. The van der Waals surface area contributed by atoms with Crippen LogP contribution in [0.2, 0.25) is 0 Å². The monoisotopic (exact) mass is 447 g/mol. The number of pyridine rings is 2. The molecule has 1 atom stereocenters. The Labute approximate surface area is 181 Å². The van der Waals surface area contributed by atoms with Crippen LogP contribution in [0.4, 0.5) is 29.6 Å². The Kier molecular flexibility index (Phi) is 5.78. The summed E-state index contributed by atoms with van der Waals surface area (Å²) in [6, 6.07) is 3.10. The first-order valence-electron chi connectivity index (χ1n) is 9.80. The molecule has 0 bridgehead atoms. The second kappa shape index (κ2) is 8.54. The molecule has 1 aliphatic rings. The molecule has 168 valence electrons. The van der Waals surface area contributed by atoms with Gasteiger partial charge >= 0.3 is 12.4 Å². The lowest BCUT2D eigenvalue weighted by Crippen LogP contribution is -2.35. The number of likely N-dealkylation sites (tertiary alicyclic amines) is 1. The number of hydrogen-bond donors (Lipinski definition) is 2. The van der Waals surface area contributed by atoms with Crippen LogP contribution in [0.15, 0.2) is 30.7 Å². The van der Waals surface area contributed by atoms with Gasteiger partial charge in [0.1, 0.15) is 0 Å². The lowest BCUT2D eigenvalue weighted by molar-refractivity contribution is -0.340. The minimum Gasteiger partial charge on any atom is -0.357 e. The number of carbonyl (C=O) groups is 1. The van der Waals surface area contributed by atoms with Gasteiger partial charge in [0.2, 0.25) is 5.95 Å². The maximum Gasteiger partial charge on any atom is 0.522 e. The number of nitrogens with zero attached hydrogens (tertiary/aromatic N) is 5. The number of fused-ring (bicyclic) bond motifs is 1. The quantitative estimate of drug-likeness (QED) is 0.630. The summed E-state index contributed by atoms with van der Waals surface area (Å²) in [5, 5.41) is 6.29. The summed E-state index contributed by atoms with van der Waals surface area (Å²) in [6.45, 7) is 1.86. The number of rotatable bonds is 4. The lowest BCUT2D eigenvalue weighted by Gasteiger charge is -2.18. The molecule has 4 rings (SSSR count). The van der Waals surface area contributed by atoms with Gasteiger partial charge in [-0.25, -0.2) is 14.8 Å². The molecule has 2 N–H and O–H groups in total. The number of aromatic nitrogens is 4. The molecule has 1 saturated heterocycles. The van der Waals surface area contributed by atoms with Crippen molar-refractivity contribution in [3.05, 3.63) is 36.4 Å². The molecule has 32 heavy (non-hydrogen) atoms. The second-order valence-electron chi connectivity index (χ2n) is 7.29. The molecular weight excluding hydrogens is 427 g/mol. The molecule has 4 heterocycles. The van der Waals surface area contributed by atoms with Crippen molar-refractivity contribution >= 4 is 28.7 Å². The van der Waals surface area contributed by atoms with Crippen LogP contribution in [0, 0.1) is 6.92 Å². The Morgan fingerprint density at radius 2 is 2.00 bits per heavy atom. The van der Waals surface area contributed by atoms with Gasteiger partial charge < -0.3 is 15.5 Å². The molecule has 9 nitrogen and oxygen atoms in total. The number of halogens is 3. The summed E-state index contributed by atoms with van der Waals surface area (Å²) in [7, 11) is 1.72. The fraction of sp³-hybridized carbons (Fsp3) is 0.350. The van der Waals surface area contributed by atoms with Gasteiger partial charge in [-0.2, -0.15) is 4.98 Å². The third-order valence-electron chi connectivity index (χ3n) is 5.04. The number of anilines is 2. The van der Waals surface area contributed by atoms with E-state index in [4.69, 9.17) is 0 Å². The third-order valence-corrected chi connectivity index (χ3v) is 5.04. The van der Waals surface area contributed by atoms with Crippen LogP contribution in [-0.4, -0.2) is 63.5 Å². The minimum absolute atomic E-state index is 0.115. The van der Waals surface area contributed by atoms with Crippen molar-refractivity contribution in [3.63, 3.8) is 0 Å². The standard InChI is InChI=1S/C20H20F3N7O2/c1-11-16(12-5-13-8-27-18(24-2)29-17(13)26-7-12)6-14(9-25-11)28-19(31)30-4-3-15(10-30)32-20(21,22)23/h5-9,15H,3-4,10H2,1-2H3,(H,28,31)(H,24,26,27,29)/t15-/m0/s1. The number of aryl methyl sites for hydroxylation is 1. The predicted octanol–water partition coefficient (Wildman–Crippen LogP) is 3.58. The van der Waals surface area contributed by atoms with Gasteiger partial charge in [-0.05, 0) is 25.5 Å². The maximum atomic E-state index is 12.5. The molecule has 0 aromatic carbocycles. The van der Waals surface area contributed by atoms with E-state index in [1.54, 1.807) is 25.5 Å². The molecule has 3 aromatic rings. The van der Waals surface area contributed by atoms with Gasteiger partial charge in [-0.15, -0.1) is 13.2 Å². The topological polar surface area (TPSA) is 105 Å². The van der Waals surface area contributed by atoms with Crippen LogP contribution < -0.4 is 10.6 Å². The van der Waals surface area contributed by atoms with Crippen LogP contribution in [0.3, 0.4) is 0 Å². The zero-order valence-corrected chi connectivity index (χ0v) is 17.3. The van der Waals surface area contributed by atoms with E-state index >= 15 is 0 Å². The summed E-state index contributed by atoms with van der Waals surface area (Å²) in [5.41, 5.74) is 3.18. The smallest absolute Gasteiger partial charge is 0.357 e. The number of amides is 2. The Morgan fingerprint density at radius 3 is 2.75 bits per heavy atom. The summed E-state index contributed by atoms with van der Waals surface area (Å²) >= 11 is 0. The third kappa shape index (κ3) is 4.85. The van der Waals surface area contributed by atoms with Crippen molar-refractivity contribution < 1.29 is 22.7 Å². The van der Waals surface area contributed by atoms with Crippen LogP contribution >= 0.6 is 0 Å². The first kappa shape index (κ1) is 21.7. The summed E-state index contributed by atoms with van der Waals surface area (Å²) in [5.74, 6) is 0.463. The first-order valence-corrected chi connectivity index (χ1v) is 9.80. The number of nitrogens with one attached hydrogen (secondary N) is 2. The number of ether oxygens (including phenoxy) is 1. The molecule has 0 aliphatic carbocycles. The highest BCUT2D eigenvalue weighted by Crippen LogP contribution is 2.28. The summed E-state index contributed by atoms with van der Waals surface area (Å²) in [6.07, 6.45) is -0.865. The molecule has 0 saturated carbocycles. The van der Waals surface area contributed by atoms with Crippen LogP contribution in [0.1, 0.15) is 12.1 Å². The Hall–Kier alpha value is -3.54. The SMILES string of the molecule is CNc1ncc2cc(-c3cc(NC(=O)N4CC[C@H](OC(F)(F)F)C4)cnc3C)cnc2n1. The van der Waals surface area contributed by atoms with Gasteiger partial charge in [-0.1, -0.05) is 0 Å². The number of carbonyl (C=O) groups excluding carboxylic acids is 1. The zero-order valence-electron chi connectivity index (χ0n) is 17.3. The Balaban J connectivity index is 1.51. The van der Waals surface area contributed by atoms with Crippen LogP contribution in [-0.2, 0) is 4.74 Å². The largest absolute Gasteiger partial charge is 0.522 e. The van der Waals surface area contributed by atoms with E-state index in [0.717, 1.165) is 22.2 Å². The van der Waals surface area contributed by atoms with Crippen molar-refractivity contribution in [2.24, 2.45) is 0 Å². The second-order valence-corrected chi connectivity index (χ2v) is 7.29. The minimum atomic E-state index is -4.72. The number of alkyl halides is 3. The van der Waals surface area contributed by atoms with Crippen molar-refractivity contribution in [1.29, 1.82) is 0 Å². The van der Waals surface area contributed by atoms with Crippen molar-refractivity contribution in [3.8, 4) is 11.1 Å². The van der Waals surface area contributed by atoms with Crippen LogP contribution in [0.25, 0.3) is 22.2 Å². The molecular formula is C20H20F3N7O2. The highest BCUT2D eigenvalue weighted by Gasteiger charge is 2.37. The zero-order chi connectivity index (χ0) is 22.9. The summed E-state index contributed by atoms with van der Waals surface area (Å²) in [4.78, 5) is 31.0. The molecule has 3 aromatic heterocycles. The average Bonchev–Trinajstić information content (AvgIpc) is 3.21. The molecule has 0 spiro atoms. The van der Waals surface area contributed by atoms with E-state index in [9.17, 15) is 18.0 Å². The molecule has 2 amide bonds. The maximum absolute atomic E-state index is 12.5. The van der Waals surface area contributed by atoms with Gasteiger partial charge in [0, 0.05) is 54.7 Å². The highest BCUT2D eigenvalue weighted by atomic mass is 19.4. The van der Waals surface area contributed by atoms with Gasteiger partial charge in [-0.3, -0.25) is 9.72 Å². The van der Waals surface area contributed by atoms with Gasteiger partial charge in [0.05, 0.1) is 18.0 Å². The Morgan fingerprint density at radius 1 is 1.19 bits per heavy atom. The fourth-order valence-electron chi connectivity index (χ4n) is 3.48. The molecule has 1 fully saturated rings. The van der Waals surface area contributed by atoms with E-state index in [2.05, 4.69) is 35.3 Å². The fourth-order valence-corrected chi connectivity index (χ4v) is 3.48. The first-order chi connectivity index (χ1) is 15.2. The van der Waals surface area contributed by atoms with Crippen LogP contribution in [0.5, 0.6) is 0 Å². The van der Waals surface area contributed by atoms with Crippen molar-refractivity contribution in [1.82, 2.24) is 24.8 Å². The normalized spacial score (nSPS) is 16.4. The van der Waals surface area contributed by atoms with Gasteiger partial charge in [0.25, 0.3) is 0 Å². The van der Waals surface area contributed by atoms with E-state index in [0.29, 0.717) is 17.3 Å². The van der Waals surface area contributed by atoms with Gasteiger partial charge in [0.15, 0.2) is 5.65 Å². The van der Waals surface area contributed by atoms with E-state index in [1.165, 1.54) is 11.1 Å². The predicted molar refractivity (Wildman–Crippen MR) is 111 cm³/mol. The highest BCUT2D eigenvalue weighted by molar-refractivity contribution is 5.90. The lowest BCUT2D eigenvalue weighted by atomic mass is 10.1. The van der Waals surface area contributed by atoms with E-state index in [-0.39, 0.29) is 19.5 Å². The molecule has 0 radical (unpaired) electrons. The van der Waals surface area contributed by atoms with E-state index in [1.807, 2.05) is 13.0 Å². The Bertz CT molecular complexity index is 1160. The van der Waals surface area contributed by atoms with Crippen molar-refractivity contribution in [2.45, 2.75) is 25.8 Å². The summed E-state index contributed by atoms with van der Waals surface area (Å²) < 4.78 is 41.2. The number of hydrogen-bond acceptors (Lipinski definition) is 7. The van der Waals surface area contributed by atoms with E-state index < -0.39 is 18.5 Å². The molecule has 1 aliphatic heterocycles. The number of urea groups is 1. The average molecular weight is 447 g/mol. The molecule has 12 heteroatoms.